The molecule has 29 heavy (non-hydrogen) atoms. The van der Waals surface area contributed by atoms with E-state index in [0.29, 0.717) is 0 Å². The molecule has 2 aromatic carbocycles. The van der Waals surface area contributed by atoms with E-state index >= 15 is 0 Å². The van der Waals surface area contributed by atoms with Crippen molar-refractivity contribution in [1.82, 2.24) is 9.80 Å². The maximum Gasteiger partial charge on any atom is 0.0991 e. The van der Waals surface area contributed by atoms with Crippen molar-refractivity contribution >= 4 is 0 Å². The molecule has 0 amide bonds. The van der Waals surface area contributed by atoms with Gasteiger partial charge in [-0.3, -0.25) is 4.90 Å². The molecular formula is C26H37N3. The molecule has 0 atom stereocenters. The molecule has 0 N–H and O–H groups in total. The molecule has 0 spiro atoms. The van der Waals surface area contributed by atoms with Gasteiger partial charge in [-0.25, -0.2) is 0 Å². The SMILES string of the molecule is CCCN(CCC)CCCCN(Cc1ccc(C)cc1)Cc1ccc(C#N)cc1. The van der Waals surface area contributed by atoms with E-state index in [2.05, 4.69) is 73.0 Å². The summed E-state index contributed by atoms with van der Waals surface area (Å²) in [6, 6.07) is 19.1. The summed E-state index contributed by atoms with van der Waals surface area (Å²) in [5.41, 5.74) is 4.67. The van der Waals surface area contributed by atoms with Gasteiger partial charge in [-0.1, -0.05) is 55.8 Å². The average Bonchev–Trinajstić information content (AvgIpc) is 2.73. The van der Waals surface area contributed by atoms with Crippen molar-refractivity contribution in [3.63, 3.8) is 0 Å². The predicted octanol–water partition coefficient (Wildman–Crippen LogP) is 5.77. The van der Waals surface area contributed by atoms with Crippen LogP contribution in [0.2, 0.25) is 0 Å². The zero-order chi connectivity index (χ0) is 20.9. The number of benzene rings is 2. The first-order valence-corrected chi connectivity index (χ1v) is 11.1. The quantitative estimate of drug-likeness (QED) is 0.406. The molecule has 0 aliphatic carbocycles. The van der Waals surface area contributed by atoms with Crippen LogP contribution in [0.4, 0.5) is 0 Å². The molecule has 0 saturated heterocycles. The Hall–Kier alpha value is -2.15. The van der Waals surface area contributed by atoms with Gasteiger partial charge in [-0.15, -0.1) is 0 Å². The van der Waals surface area contributed by atoms with Gasteiger partial charge in [0, 0.05) is 13.1 Å². The molecule has 2 rings (SSSR count). The van der Waals surface area contributed by atoms with Gasteiger partial charge in [-0.05, 0) is 82.0 Å². The topological polar surface area (TPSA) is 30.3 Å². The van der Waals surface area contributed by atoms with Crippen LogP contribution in [0, 0.1) is 18.3 Å². The van der Waals surface area contributed by atoms with Crippen LogP contribution < -0.4 is 0 Å². The monoisotopic (exact) mass is 391 g/mol. The maximum atomic E-state index is 9.03. The molecule has 0 unspecified atom stereocenters. The van der Waals surface area contributed by atoms with Crippen molar-refractivity contribution in [2.75, 3.05) is 26.2 Å². The molecule has 3 nitrogen and oxygen atoms in total. The molecule has 0 fully saturated rings. The zero-order valence-corrected chi connectivity index (χ0v) is 18.5. The number of hydrogen-bond acceptors (Lipinski definition) is 3. The second kappa shape index (κ2) is 13.1. The Labute approximate surface area is 178 Å². The van der Waals surface area contributed by atoms with Gasteiger partial charge in [0.1, 0.15) is 0 Å². The summed E-state index contributed by atoms with van der Waals surface area (Å²) in [6.07, 6.45) is 4.93. The van der Waals surface area contributed by atoms with Crippen molar-refractivity contribution in [3.8, 4) is 6.07 Å². The lowest BCUT2D eigenvalue weighted by molar-refractivity contribution is 0.231. The van der Waals surface area contributed by atoms with Crippen LogP contribution in [0.3, 0.4) is 0 Å². The second-order valence-electron chi connectivity index (χ2n) is 8.05. The average molecular weight is 392 g/mol. The lowest BCUT2D eigenvalue weighted by atomic mass is 10.1. The Balaban J connectivity index is 1.94. The van der Waals surface area contributed by atoms with Crippen molar-refractivity contribution in [1.29, 1.82) is 5.26 Å². The van der Waals surface area contributed by atoms with Crippen molar-refractivity contribution in [2.45, 2.75) is 59.5 Å². The minimum atomic E-state index is 0.728. The van der Waals surface area contributed by atoms with Crippen LogP contribution in [0.25, 0.3) is 0 Å². The third-order valence-electron chi connectivity index (χ3n) is 5.29. The van der Waals surface area contributed by atoms with Crippen molar-refractivity contribution in [2.24, 2.45) is 0 Å². The van der Waals surface area contributed by atoms with Gasteiger partial charge in [0.15, 0.2) is 0 Å². The minimum absolute atomic E-state index is 0.728. The summed E-state index contributed by atoms with van der Waals surface area (Å²) in [5, 5.41) is 9.03. The summed E-state index contributed by atoms with van der Waals surface area (Å²) in [7, 11) is 0. The third-order valence-corrected chi connectivity index (χ3v) is 5.29. The van der Waals surface area contributed by atoms with E-state index in [9.17, 15) is 0 Å². The fourth-order valence-electron chi connectivity index (χ4n) is 3.75. The molecule has 0 saturated carbocycles. The standard InChI is InChI=1S/C26H37N3/c1-4-16-28(17-5-2)18-6-7-19-29(21-25-10-8-23(3)9-11-25)22-26-14-12-24(20-27)13-15-26/h8-15H,4-7,16-19,21-22H2,1-3H3. The first-order chi connectivity index (χ1) is 14.1. The summed E-state index contributed by atoms with van der Waals surface area (Å²) in [5.74, 6) is 0. The number of hydrogen-bond donors (Lipinski definition) is 0. The molecule has 0 aromatic heterocycles. The van der Waals surface area contributed by atoms with E-state index in [1.165, 1.54) is 62.0 Å². The van der Waals surface area contributed by atoms with Crippen LogP contribution in [-0.4, -0.2) is 36.0 Å². The van der Waals surface area contributed by atoms with Crippen LogP contribution in [-0.2, 0) is 13.1 Å². The van der Waals surface area contributed by atoms with Gasteiger partial charge in [0.05, 0.1) is 11.6 Å². The van der Waals surface area contributed by atoms with Gasteiger partial charge in [0.2, 0.25) is 0 Å². The Bertz CT molecular complexity index is 722. The zero-order valence-electron chi connectivity index (χ0n) is 18.5. The summed E-state index contributed by atoms with van der Waals surface area (Å²) in [4.78, 5) is 5.14. The third kappa shape index (κ3) is 8.81. The maximum absolute atomic E-state index is 9.03. The highest BCUT2D eigenvalue weighted by Gasteiger charge is 2.09. The molecule has 0 aliphatic heterocycles. The smallest absolute Gasteiger partial charge is 0.0991 e. The molecule has 0 aliphatic rings. The largest absolute Gasteiger partial charge is 0.303 e. The summed E-state index contributed by atoms with van der Waals surface area (Å²) >= 11 is 0. The van der Waals surface area contributed by atoms with E-state index in [1.54, 1.807) is 0 Å². The first kappa shape index (κ1) is 23.1. The van der Waals surface area contributed by atoms with Gasteiger partial charge < -0.3 is 4.90 Å². The Kier molecular flexibility index (Phi) is 10.5. The first-order valence-electron chi connectivity index (χ1n) is 11.1. The fourth-order valence-corrected chi connectivity index (χ4v) is 3.75. The number of nitrogens with zero attached hydrogens (tertiary/aromatic N) is 3. The number of rotatable bonds is 13. The van der Waals surface area contributed by atoms with Gasteiger partial charge >= 0.3 is 0 Å². The lowest BCUT2D eigenvalue weighted by Gasteiger charge is -2.24. The van der Waals surface area contributed by atoms with Crippen LogP contribution >= 0.6 is 0 Å². The van der Waals surface area contributed by atoms with E-state index in [4.69, 9.17) is 5.26 Å². The number of nitriles is 1. The summed E-state index contributed by atoms with van der Waals surface area (Å²) in [6.45, 7) is 13.3. The van der Waals surface area contributed by atoms with E-state index < -0.39 is 0 Å². The van der Waals surface area contributed by atoms with Crippen LogP contribution in [0.15, 0.2) is 48.5 Å². The summed E-state index contributed by atoms with van der Waals surface area (Å²) < 4.78 is 0. The van der Waals surface area contributed by atoms with Gasteiger partial charge in [-0.2, -0.15) is 5.26 Å². The van der Waals surface area contributed by atoms with E-state index in [1.807, 2.05) is 12.1 Å². The molecule has 2 aromatic rings. The normalized spacial score (nSPS) is 11.2. The molecule has 0 radical (unpaired) electrons. The lowest BCUT2D eigenvalue weighted by Crippen LogP contribution is -2.28. The number of unbranched alkanes of at least 4 members (excludes halogenated alkanes) is 1. The van der Waals surface area contributed by atoms with Crippen LogP contribution in [0.5, 0.6) is 0 Å². The fraction of sp³-hybridized carbons (Fsp3) is 0.500. The molecular weight excluding hydrogens is 354 g/mol. The highest BCUT2D eigenvalue weighted by atomic mass is 15.1. The van der Waals surface area contributed by atoms with Crippen LogP contribution in [0.1, 0.15) is 61.8 Å². The van der Waals surface area contributed by atoms with E-state index in [-0.39, 0.29) is 0 Å². The van der Waals surface area contributed by atoms with E-state index in [0.717, 1.165) is 25.2 Å². The predicted molar refractivity (Wildman–Crippen MR) is 123 cm³/mol. The highest BCUT2D eigenvalue weighted by molar-refractivity contribution is 5.31. The molecule has 0 bridgehead atoms. The van der Waals surface area contributed by atoms with Crippen molar-refractivity contribution in [3.05, 3.63) is 70.8 Å². The van der Waals surface area contributed by atoms with Gasteiger partial charge in [0.25, 0.3) is 0 Å². The highest BCUT2D eigenvalue weighted by Crippen LogP contribution is 2.13. The molecule has 3 heteroatoms. The Morgan fingerprint density at radius 1 is 0.690 bits per heavy atom. The minimum Gasteiger partial charge on any atom is -0.303 e. The Morgan fingerprint density at radius 3 is 1.66 bits per heavy atom. The molecule has 0 heterocycles. The van der Waals surface area contributed by atoms with Crippen molar-refractivity contribution < 1.29 is 0 Å². The molecule has 156 valence electrons. The Morgan fingerprint density at radius 2 is 1.17 bits per heavy atom. The second-order valence-corrected chi connectivity index (χ2v) is 8.05. The number of aryl methyl sites for hydroxylation is 1.